The highest BCUT2D eigenvalue weighted by Gasteiger charge is 2.22. The maximum Gasteiger partial charge on any atom is 0.0514 e. The summed E-state index contributed by atoms with van der Waals surface area (Å²) in [4.78, 5) is 4.87. The van der Waals surface area contributed by atoms with E-state index in [1.807, 2.05) is 0 Å². The molecule has 1 unspecified atom stereocenters. The predicted octanol–water partition coefficient (Wildman–Crippen LogP) is 2.09. The van der Waals surface area contributed by atoms with Crippen LogP contribution < -0.4 is 10.6 Å². The Kier molecular flexibility index (Phi) is 4.65. The number of rotatable bonds is 3. The number of hydrogen-bond acceptors (Lipinski definition) is 3. The number of halogens is 1. The summed E-state index contributed by atoms with van der Waals surface area (Å²) in [6.45, 7) is 6.33. The second-order valence-corrected chi connectivity index (χ2v) is 5.98. The summed E-state index contributed by atoms with van der Waals surface area (Å²) >= 11 is 3.70. The normalized spacial score (nSPS) is 21.3. The molecule has 1 saturated heterocycles. The van der Waals surface area contributed by atoms with Gasteiger partial charge in [0.1, 0.15) is 0 Å². The van der Waals surface area contributed by atoms with E-state index in [2.05, 4.69) is 57.9 Å². The molecule has 1 aliphatic heterocycles. The number of benzene rings is 1. The van der Waals surface area contributed by atoms with Gasteiger partial charge < -0.3 is 15.5 Å². The molecule has 3 nitrogen and oxygen atoms in total. The molecular weight excluding hydrogens is 290 g/mol. The summed E-state index contributed by atoms with van der Waals surface area (Å²) in [6.07, 6.45) is 0.942. The van der Waals surface area contributed by atoms with Gasteiger partial charge in [-0.05, 0) is 60.6 Å². The molecule has 1 aromatic carbocycles. The van der Waals surface area contributed by atoms with Crippen molar-refractivity contribution in [1.29, 1.82) is 0 Å². The fourth-order valence-electron chi connectivity index (χ4n) is 2.60. The molecule has 1 atom stereocenters. The second kappa shape index (κ2) is 6.04. The third-order valence-electron chi connectivity index (χ3n) is 3.59. The number of nitrogens with two attached hydrogens (primary N) is 1. The molecule has 1 fully saturated rings. The molecule has 0 spiro atoms. The molecule has 2 rings (SSSR count). The molecule has 0 radical (unpaired) electrons. The van der Waals surface area contributed by atoms with Crippen molar-refractivity contribution in [3.05, 3.63) is 28.2 Å². The van der Waals surface area contributed by atoms with Crippen LogP contribution in [0.3, 0.4) is 0 Å². The van der Waals surface area contributed by atoms with E-state index >= 15 is 0 Å². The zero-order valence-electron chi connectivity index (χ0n) is 11.2. The first-order valence-electron chi connectivity index (χ1n) is 6.55. The summed E-state index contributed by atoms with van der Waals surface area (Å²) in [7, 11) is 2.19. The van der Waals surface area contributed by atoms with Crippen molar-refractivity contribution in [2.75, 3.05) is 38.1 Å². The number of nitrogens with zero attached hydrogens (tertiary/aromatic N) is 2. The highest BCUT2D eigenvalue weighted by molar-refractivity contribution is 9.10. The van der Waals surface area contributed by atoms with Crippen LogP contribution in [0.5, 0.6) is 0 Å². The van der Waals surface area contributed by atoms with Crippen LogP contribution in [0.4, 0.5) is 5.69 Å². The summed E-state index contributed by atoms with van der Waals surface area (Å²) in [5, 5.41) is 0. The fraction of sp³-hybridized carbons (Fsp3) is 0.571. The van der Waals surface area contributed by atoms with Gasteiger partial charge in [0.25, 0.3) is 0 Å². The van der Waals surface area contributed by atoms with Gasteiger partial charge in [-0.15, -0.1) is 0 Å². The van der Waals surface area contributed by atoms with Crippen molar-refractivity contribution in [2.45, 2.75) is 19.4 Å². The first-order chi connectivity index (χ1) is 8.61. The number of likely N-dealkylation sites (N-methyl/N-ethyl adjacent to an activating group) is 1. The highest BCUT2D eigenvalue weighted by atomic mass is 79.9. The van der Waals surface area contributed by atoms with Gasteiger partial charge in [-0.2, -0.15) is 0 Å². The van der Waals surface area contributed by atoms with Gasteiger partial charge in [-0.1, -0.05) is 6.07 Å². The SMILES string of the molecule is CC1CN(C)CCN1c1ccc(CCN)cc1Br. The Morgan fingerprint density at radius 2 is 2.17 bits per heavy atom. The standard InChI is InChI=1S/C14H22BrN3/c1-11-10-17(2)7-8-18(11)14-4-3-12(5-6-16)9-13(14)15/h3-4,9,11H,5-8,10,16H2,1-2H3. The highest BCUT2D eigenvalue weighted by Crippen LogP contribution is 2.30. The van der Waals surface area contributed by atoms with Gasteiger partial charge in [0.15, 0.2) is 0 Å². The van der Waals surface area contributed by atoms with E-state index in [0.717, 1.165) is 26.1 Å². The molecule has 0 bridgehead atoms. The minimum Gasteiger partial charge on any atom is -0.365 e. The summed E-state index contributed by atoms with van der Waals surface area (Å²) in [6, 6.07) is 7.17. The quantitative estimate of drug-likeness (QED) is 0.928. The minimum atomic E-state index is 0.556. The Morgan fingerprint density at radius 1 is 1.39 bits per heavy atom. The Morgan fingerprint density at radius 3 is 2.78 bits per heavy atom. The lowest BCUT2D eigenvalue weighted by atomic mass is 10.1. The predicted molar refractivity (Wildman–Crippen MR) is 81.2 cm³/mol. The molecular formula is C14H22BrN3. The maximum absolute atomic E-state index is 5.60. The fourth-order valence-corrected chi connectivity index (χ4v) is 3.26. The van der Waals surface area contributed by atoms with Gasteiger partial charge in [0, 0.05) is 30.1 Å². The van der Waals surface area contributed by atoms with E-state index in [-0.39, 0.29) is 0 Å². The van der Waals surface area contributed by atoms with Crippen LogP contribution in [-0.4, -0.2) is 44.2 Å². The molecule has 1 aromatic rings. The Bertz CT molecular complexity index is 408. The molecule has 0 aliphatic carbocycles. The molecule has 1 heterocycles. The molecule has 0 saturated carbocycles. The van der Waals surface area contributed by atoms with Gasteiger partial charge in [-0.3, -0.25) is 0 Å². The van der Waals surface area contributed by atoms with Crippen molar-refractivity contribution in [3.63, 3.8) is 0 Å². The van der Waals surface area contributed by atoms with Crippen molar-refractivity contribution in [1.82, 2.24) is 4.90 Å². The van der Waals surface area contributed by atoms with Crippen LogP contribution in [0.1, 0.15) is 12.5 Å². The zero-order chi connectivity index (χ0) is 13.1. The van der Waals surface area contributed by atoms with E-state index in [1.165, 1.54) is 15.7 Å². The largest absolute Gasteiger partial charge is 0.365 e. The lowest BCUT2D eigenvalue weighted by Crippen LogP contribution is -2.50. The van der Waals surface area contributed by atoms with Gasteiger partial charge in [0.05, 0.1) is 5.69 Å². The topological polar surface area (TPSA) is 32.5 Å². The summed E-state index contributed by atoms with van der Waals surface area (Å²) in [5.74, 6) is 0. The average molecular weight is 312 g/mol. The molecule has 0 amide bonds. The Balaban J connectivity index is 2.17. The molecule has 0 aromatic heterocycles. The smallest absolute Gasteiger partial charge is 0.0514 e. The van der Waals surface area contributed by atoms with Crippen LogP contribution in [0.25, 0.3) is 0 Å². The number of anilines is 1. The van der Waals surface area contributed by atoms with Gasteiger partial charge >= 0.3 is 0 Å². The zero-order valence-corrected chi connectivity index (χ0v) is 12.8. The third-order valence-corrected chi connectivity index (χ3v) is 4.22. The lowest BCUT2D eigenvalue weighted by Gasteiger charge is -2.40. The van der Waals surface area contributed by atoms with Crippen LogP contribution in [0, 0.1) is 0 Å². The summed E-state index contributed by atoms with van der Waals surface area (Å²) in [5.41, 5.74) is 8.20. The summed E-state index contributed by atoms with van der Waals surface area (Å²) < 4.78 is 1.19. The van der Waals surface area contributed by atoms with Crippen molar-refractivity contribution < 1.29 is 0 Å². The first-order valence-corrected chi connectivity index (χ1v) is 7.35. The van der Waals surface area contributed by atoms with Crippen molar-refractivity contribution in [2.24, 2.45) is 5.73 Å². The minimum absolute atomic E-state index is 0.556. The Hall–Kier alpha value is -0.580. The van der Waals surface area contributed by atoms with Gasteiger partial charge in [0.2, 0.25) is 0 Å². The molecule has 100 valence electrons. The molecule has 2 N–H and O–H groups in total. The van der Waals surface area contributed by atoms with Crippen LogP contribution in [-0.2, 0) is 6.42 Å². The lowest BCUT2D eigenvalue weighted by molar-refractivity contribution is 0.275. The van der Waals surface area contributed by atoms with E-state index in [4.69, 9.17) is 5.73 Å². The number of piperazine rings is 1. The first kappa shape index (κ1) is 13.8. The molecule has 4 heteroatoms. The Labute approximate surface area is 118 Å². The maximum atomic E-state index is 5.60. The van der Waals surface area contributed by atoms with E-state index in [1.54, 1.807) is 0 Å². The third kappa shape index (κ3) is 3.05. The van der Waals surface area contributed by atoms with Gasteiger partial charge in [-0.25, -0.2) is 0 Å². The molecule has 1 aliphatic rings. The van der Waals surface area contributed by atoms with E-state index in [9.17, 15) is 0 Å². The van der Waals surface area contributed by atoms with E-state index < -0.39 is 0 Å². The van der Waals surface area contributed by atoms with Crippen LogP contribution >= 0.6 is 15.9 Å². The van der Waals surface area contributed by atoms with Crippen LogP contribution in [0.2, 0.25) is 0 Å². The van der Waals surface area contributed by atoms with E-state index in [0.29, 0.717) is 12.6 Å². The molecule has 18 heavy (non-hydrogen) atoms. The number of hydrogen-bond donors (Lipinski definition) is 1. The monoisotopic (exact) mass is 311 g/mol. The van der Waals surface area contributed by atoms with Crippen molar-refractivity contribution >= 4 is 21.6 Å². The van der Waals surface area contributed by atoms with Crippen molar-refractivity contribution in [3.8, 4) is 0 Å². The second-order valence-electron chi connectivity index (χ2n) is 5.13. The van der Waals surface area contributed by atoms with Crippen LogP contribution in [0.15, 0.2) is 22.7 Å². The average Bonchev–Trinajstić information content (AvgIpc) is 2.31.